The third-order valence-electron chi connectivity index (χ3n) is 5.66. The van der Waals surface area contributed by atoms with Gasteiger partial charge in [0, 0.05) is 25.5 Å². The van der Waals surface area contributed by atoms with Gasteiger partial charge < -0.3 is 9.30 Å². The van der Waals surface area contributed by atoms with Crippen LogP contribution < -0.4 is 0 Å². The highest BCUT2D eigenvalue weighted by atomic mass is 16.5. The number of benzene rings is 1. The van der Waals surface area contributed by atoms with Crippen molar-refractivity contribution in [3.8, 4) is 0 Å². The van der Waals surface area contributed by atoms with Crippen molar-refractivity contribution >= 4 is 5.97 Å². The Balaban J connectivity index is 1.83. The predicted molar refractivity (Wildman–Crippen MR) is 106 cm³/mol. The number of rotatable bonds is 7. The van der Waals surface area contributed by atoms with Crippen LogP contribution in [-0.4, -0.2) is 40.1 Å². The standard InChI is InChI=1S/C22H31N3O2/c1-4-25-14-12-23-20(25)16-24-13-8-11-22(17-24,21(26)27-5-2)15-19-10-7-6-9-18(19)3/h6-7,9-10,12,14H,4-5,8,11,13,15-17H2,1-3H3. The zero-order chi connectivity index (χ0) is 19.3. The maximum Gasteiger partial charge on any atom is 0.313 e. The number of hydrogen-bond acceptors (Lipinski definition) is 4. The van der Waals surface area contributed by atoms with Crippen molar-refractivity contribution in [2.24, 2.45) is 5.41 Å². The van der Waals surface area contributed by atoms with E-state index in [9.17, 15) is 4.79 Å². The van der Waals surface area contributed by atoms with Gasteiger partial charge in [0.15, 0.2) is 0 Å². The van der Waals surface area contributed by atoms with Crippen LogP contribution in [0.25, 0.3) is 0 Å². The lowest BCUT2D eigenvalue weighted by Crippen LogP contribution is -2.49. The second-order valence-electron chi connectivity index (χ2n) is 7.55. The summed E-state index contributed by atoms with van der Waals surface area (Å²) in [6.07, 6.45) is 6.48. The van der Waals surface area contributed by atoms with E-state index in [0.29, 0.717) is 6.61 Å². The SMILES string of the molecule is CCOC(=O)C1(Cc2ccccc2C)CCCN(Cc2nccn2CC)C1. The Kier molecular flexibility index (Phi) is 6.32. The average molecular weight is 370 g/mol. The molecule has 0 saturated carbocycles. The number of imidazole rings is 1. The first kappa shape index (κ1) is 19.6. The van der Waals surface area contributed by atoms with Gasteiger partial charge in [0.2, 0.25) is 0 Å². The van der Waals surface area contributed by atoms with E-state index in [1.165, 1.54) is 11.1 Å². The summed E-state index contributed by atoms with van der Waals surface area (Å²) in [6, 6.07) is 8.36. The van der Waals surface area contributed by atoms with Gasteiger partial charge in [0.1, 0.15) is 5.82 Å². The predicted octanol–water partition coefficient (Wildman–Crippen LogP) is 3.60. The number of nitrogens with zero attached hydrogens (tertiary/aromatic N) is 3. The van der Waals surface area contributed by atoms with Crippen molar-refractivity contribution in [1.82, 2.24) is 14.5 Å². The molecule has 1 aromatic carbocycles. The molecule has 1 fully saturated rings. The molecule has 2 aromatic rings. The number of esters is 1. The van der Waals surface area contributed by atoms with Crippen LogP contribution in [0.4, 0.5) is 0 Å². The highest BCUT2D eigenvalue weighted by molar-refractivity contribution is 5.78. The number of carbonyl (C=O) groups is 1. The van der Waals surface area contributed by atoms with Crippen molar-refractivity contribution in [2.75, 3.05) is 19.7 Å². The molecule has 0 radical (unpaired) electrons. The van der Waals surface area contributed by atoms with Gasteiger partial charge in [-0.3, -0.25) is 9.69 Å². The molecule has 5 heteroatoms. The highest BCUT2D eigenvalue weighted by Crippen LogP contribution is 2.36. The largest absolute Gasteiger partial charge is 0.466 e. The van der Waals surface area contributed by atoms with Crippen molar-refractivity contribution in [3.05, 3.63) is 53.6 Å². The second kappa shape index (κ2) is 8.70. The lowest BCUT2D eigenvalue weighted by atomic mass is 9.74. The minimum Gasteiger partial charge on any atom is -0.466 e. The number of likely N-dealkylation sites (tertiary alicyclic amines) is 1. The van der Waals surface area contributed by atoms with Crippen LogP contribution >= 0.6 is 0 Å². The molecule has 1 aliphatic heterocycles. The van der Waals surface area contributed by atoms with E-state index < -0.39 is 5.41 Å². The summed E-state index contributed by atoms with van der Waals surface area (Å²) in [4.78, 5) is 19.9. The Labute approximate surface area is 162 Å². The molecule has 1 unspecified atom stereocenters. The quantitative estimate of drug-likeness (QED) is 0.700. The van der Waals surface area contributed by atoms with Gasteiger partial charge in [-0.05, 0) is 57.7 Å². The van der Waals surface area contributed by atoms with Crippen LogP contribution in [0.3, 0.4) is 0 Å². The van der Waals surface area contributed by atoms with Crippen LogP contribution in [0, 0.1) is 12.3 Å². The van der Waals surface area contributed by atoms with Crippen LogP contribution in [0.2, 0.25) is 0 Å². The molecule has 0 N–H and O–H groups in total. The molecule has 1 atom stereocenters. The Bertz CT molecular complexity index is 770. The van der Waals surface area contributed by atoms with Crippen LogP contribution in [0.5, 0.6) is 0 Å². The summed E-state index contributed by atoms with van der Waals surface area (Å²) < 4.78 is 7.71. The third kappa shape index (κ3) is 4.41. The number of hydrogen-bond donors (Lipinski definition) is 0. The summed E-state index contributed by atoms with van der Waals surface area (Å²) in [6.45, 7) is 9.95. The third-order valence-corrected chi connectivity index (χ3v) is 5.66. The summed E-state index contributed by atoms with van der Waals surface area (Å²) in [5.41, 5.74) is 1.99. The molecule has 0 aliphatic carbocycles. The fraction of sp³-hybridized carbons (Fsp3) is 0.545. The van der Waals surface area contributed by atoms with E-state index >= 15 is 0 Å². The molecule has 0 amide bonds. The van der Waals surface area contributed by atoms with Gasteiger partial charge in [0.05, 0.1) is 18.6 Å². The van der Waals surface area contributed by atoms with Crippen molar-refractivity contribution in [2.45, 2.75) is 53.1 Å². The molecule has 5 nitrogen and oxygen atoms in total. The Morgan fingerprint density at radius 3 is 2.85 bits per heavy atom. The minimum absolute atomic E-state index is 0.0585. The van der Waals surface area contributed by atoms with Gasteiger partial charge >= 0.3 is 5.97 Å². The van der Waals surface area contributed by atoms with Gasteiger partial charge in [-0.1, -0.05) is 24.3 Å². The summed E-state index contributed by atoms with van der Waals surface area (Å²) in [7, 11) is 0. The Morgan fingerprint density at radius 2 is 2.11 bits per heavy atom. The number of ether oxygens (including phenoxy) is 1. The fourth-order valence-electron chi connectivity index (χ4n) is 4.18. The molecular weight excluding hydrogens is 338 g/mol. The smallest absolute Gasteiger partial charge is 0.313 e. The molecule has 146 valence electrons. The molecule has 1 saturated heterocycles. The first-order valence-electron chi connectivity index (χ1n) is 10.0. The summed E-state index contributed by atoms with van der Waals surface area (Å²) in [5, 5.41) is 0. The van der Waals surface area contributed by atoms with E-state index in [1.807, 2.05) is 25.4 Å². The number of piperidine rings is 1. The molecular formula is C22H31N3O2. The lowest BCUT2D eigenvalue weighted by molar-refractivity contribution is -0.159. The molecule has 1 aromatic heterocycles. The van der Waals surface area contributed by atoms with Gasteiger partial charge in [-0.15, -0.1) is 0 Å². The Hall–Kier alpha value is -2.14. The van der Waals surface area contributed by atoms with E-state index in [-0.39, 0.29) is 5.97 Å². The molecule has 1 aliphatic rings. The molecule has 0 spiro atoms. The number of carbonyl (C=O) groups excluding carboxylic acids is 1. The molecule has 0 bridgehead atoms. The van der Waals surface area contributed by atoms with Crippen molar-refractivity contribution < 1.29 is 9.53 Å². The number of aryl methyl sites for hydroxylation is 2. The summed E-state index contributed by atoms with van der Waals surface area (Å²) >= 11 is 0. The monoisotopic (exact) mass is 369 g/mol. The maximum absolute atomic E-state index is 13.0. The van der Waals surface area contributed by atoms with Gasteiger partial charge in [-0.2, -0.15) is 0 Å². The summed E-state index contributed by atoms with van der Waals surface area (Å²) in [5.74, 6) is 1.00. The first-order chi connectivity index (χ1) is 13.1. The van der Waals surface area contributed by atoms with E-state index in [2.05, 4.69) is 46.5 Å². The van der Waals surface area contributed by atoms with E-state index in [4.69, 9.17) is 4.74 Å². The topological polar surface area (TPSA) is 47.4 Å². The normalized spacial score (nSPS) is 20.6. The van der Waals surface area contributed by atoms with Crippen LogP contribution in [0.15, 0.2) is 36.7 Å². The highest BCUT2D eigenvalue weighted by Gasteiger charge is 2.44. The van der Waals surface area contributed by atoms with Crippen molar-refractivity contribution in [3.63, 3.8) is 0 Å². The average Bonchev–Trinajstić information content (AvgIpc) is 3.11. The van der Waals surface area contributed by atoms with Crippen molar-refractivity contribution in [1.29, 1.82) is 0 Å². The fourth-order valence-corrected chi connectivity index (χ4v) is 4.18. The zero-order valence-electron chi connectivity index (χ0n) is 16.8. The minimum atomic E-state index is -0.482. The van der Waals surface area contributed by atoms with Gasteiger partial charge in [-0.25, -0.2) is 4.98 Å². The number of aromatic nitrogens is 2. The van der Waals surface area contributed by atoms with E-state index in [1.54, 1.807) is 0 Å². The second-order valence-corrected chi connectivity index (χ2v) is 7.55. The van der Waals surface area contributed by atoms with Crippen LogP contribution in [0.1, 0.15) is 43.6 Å². The van der Waals surface area contributed by atoms with Crippen LogP contribution in [-0.2, 0) is 29.0 Å². The zero-order valence-corrected chi connectivity index (χ0v) is 16.8. The maximum atomic E-state index is 13.0. The molecule has 27 heavy (non-hydrogen) atoms. The lowest BCUT2D eigenvalue weighted by Gasteiger charge is -2.41. The molecule has 3 rings (SSSR count). The Morgan fingerprint density at radius 1 is 1.30 bits per heavy atom. The van der Waals surface area contributed by atoms with Gasteiger partial charge in [0.25, 0.3) is 0 Å². The first-order valence-corrected chi connectivity index (χ1v) is 10.0. The van der Waals surface area contributed by atoms with E-state index in [0.717, 1.165) is 51.3 Å². The molecule has 2 heterocycles.